The van der Waals surface area contributed by atoms with Crippen LogP contribution in [0.5, 0.6) is 0 Å². The van der Waals surface area contributed by atoms with Crippen LogP contribution >= 0.6 is 0 Å². The minimum absolute atomic E-state index is 0.0740. The second-order valence-corrected chi connectivity index (χ2v) is 6.96. The van der Waals surface area contributed by atoms with Crippen LogP contribution in [0.3, 0.4) is 0 Å². The molecule has 0 spiro atoms. The first-order valence-electron chi connectivity index (χ1n) is 7.97. The summed E-state index contributed by atoms with van der Waals surface area (Å²) in [5.74, 6) is 0. The van der Waals surface area contributed by atoms with E-state index in [1.165, 1.54) is 29.4 Å². The van der Waals surface area contributed by atoms with Gasteiger partial charge in [0.2, 0.25) is 0 Å². The smallest absolute Gasteiger partial charge is 0.0652 e. The van der Waals surface area contributed by atoms with E-state index >= 15 is 0 Å². The average molecular weight is 286 g/mol. The van der Waals surface area contributed by atoms with Gasteiger partial charge in [-0.3, -0.25) is 0 Å². The molecular weight excluding hydrogens is 260 g/mol. The van der Waals surface area contributed by atoms with E-state index in [-0.39, 0.29) is 5.60 Å². The quantitative estimate of drug-likeness (QED) is 0.876. The molecule has 114 valence electrons. The van der Waals surface area contributed by atoms with E-state index in [0.29, 0.717) is 0 Å². The third-order valence-electron chi connectivity index (χ3n) is 3.90. The third-order valence-corrected chi connectivity index (χ3v) is 3.90. The number of nitrogens with zero attached hydrogens (tertiary/aromatic N) is 1. The summed E-state index contributed by atoms with van der Waals surface area (Å²) >= 11 is 0. The number of hydrogen-bond donors (Lipinski definition) is 1. The minimum atomic E-state index is -0.0740. The zero-order valence-electron chi connectivity index (χ0n) is 13.4. The van der Waals surface area contributed by atoms with Crippen molar-refractivity contribution in [3.63, 3.8) is 0 Å². The number of hydrogen-bond acceptors (Lipinski definition) is 2. The van der Waals surface area contributed by atoms with Gasteiger partial charge in [-0.25, -0.2) is 0 Å². The molecule has 0 bridgehead atoms. The lowest BCUT2D eigenvalue weighted by molar-refractivity contribution is -0.00667. The first kappa shape index (κ1) is 14.6. The molecule has 0 unspecified atom stereocenters. The number of rotatable bonds is 6. The lowest BCUT2D eigenvalue weighted by Gasteiger charge is -2.20. The molecule has 0 radical (unpaired) electrons. The Balaban J connectivity index is 1.77. The summed E-state index contributed by atoms with van der Waals surface area (Å²) in [5.41, 5.74) is 2.60. The van der Waals surface area contributed by atoms with Crippen molar-refractivity contribution in [1.29, 1.82) is 0 Å². The molecule has 1 heterocycles. The van der Waals surface area contributed by atoms with Crippen LogP contribution in [-0.2, 0) is 17.8 Å². The Morgan fingerprint density at radius 2 is 2.00 bits per heavy atom. The van der Waals surface area contributed by atoms with Crippen LogP contribution in [0.15, 0.2) is 30.3 Å². The van der Waals surface area contributed by atoms with E-state index in [4.69, 9.17) is 4.74 Å². The summed E-state index contributed by atoms with van der Waals surface area (Å²) in [6, 6.07) is 11.7. The Hall–Kier alpha value is -1.32. The van der Waals surface area contributed by atoms with E-state index in [9.17, 15) is 0 Å². The fourth-order valence-electron chi connectivity index (χ4n) is 2.66. The zero-order valence-corrected chi connectivity index (χ0v) is 13.4. The highest BCUT2D eigenvalue weighted by molar-refractivity contribution is 5.81. The van der Waals surface area contributed by atoms with Gasteiger partial charge in [0.05, 0.1) is 12.2 Å². The lowest BCUT2D eigenvalue weighted by Crippen LogP contribution is -2.23. The number of ether oxygens (including phenoxy) is 1. The van der Waals surface area contributed by atoms with Crippen molar-refractivity contribution in [2.24, 2.45) is 0 Å². The normalized spacial score (nSPS) is 15.8. The number of fused-ring (bicyclic) bond motifs is 1. The second kappa shape index (κ2) is 5.82. The molecule has 1 aromatic carbocycles. The molecule has 3 rings (SSSR count). The first-order chi connectivity index (χ1) is 10.0. The molecule has 1 aliphatic carbocycles. The van der Waals surface area contributed by atoms with E-state index < -0.39 is 0 Å². The summed E-state index contributed by atoms with van der Waals surface area (Å²) in [4.78, 5) is 0. The fourth-order valence-corrected chi connectivity index (χ4v) is 2.66. The van der Waals surface area contributed by atoms with E-state index in [0.717, 1.165) is 25.7 Å². The molecule has 2 aromatic rings. The Labute approximate surface area is 127 Å². The number of nitrogens with one attached hydrogen (secondary N) is 1. The van der Waals surface area contributed by atoms with Crippen LogP contribution in [0.1, 0.15) is 39.3 Å². The topological polar surface area (TPSA) is 26.2 Å². The molecule has 1 N–H and O–H groups in total. The lowest BCUT2D eigenvalue weighted by atomic mass is 10.2. The predicted octanol–water partition coefficient (Wildman–Crippen LogP) is 3.71. The SMILES string of the molecule is CC(C)(C)OCCn1c(CNC2CC2)cc2ccccc21. The van der Waals surface area contributed by atoms with Gasteiger partial charge in [-0.2, -0.15) is 0 Å². The van der Waals surface area contributed by atoms with Crippen molar-refractivity contribution in [2.75, 3.05) is 6.61 Å². The number of aromatic nitrogens is 1. The summed E-state index contributed by atoms with van der Waals surface area (Å²) in [7, 11) is 0. The third kappa shape index (κ3) is 3.86. The van der Waals surface area contributed by atoms with Crippen LogP contribution in [0, 0.1) is 0 Å². The molecule has 1 fully saturated rings. The van der Waals surface area contributed by atoms with Gasteiger partial charge in [-0.05, 0) is 51.1 Å². The maximum atomic E-state index is 5.90. The van der Waals surface area contributed by atoms with Gasteiger partial charge >= 0.3 is 0 Å². The van der Waals surface area contributed by atoms with E-state index in [1.807, 2.05) is 0 Å². The maximum absolute atomic E-state index is 5.90. The van der Waals surface area contributed by atoms with Crippen LogP contribution in [0.4, 0.5) is 0 Å². The average Bonchev–Trinajstić information content (AvgIpc) is 3.18. The molecule has 21 heavy (non-hydrogen) atoms. The van der Waals surface area contributed by atoms with Crippen molar-refractivity contribution < 1.29 is 4.74 Å². The largest absolute Gasteiger partial charge is 0.374 e. The van der Waals surface area contributed by atoms with Gasteiger partial charge in [0.25, 0.3) is 0 Å². The summed E-state index contributed by atoms with van der Waals surface area (Å²) in [6.45, 7) is 8.93. The number of benzene rings is 1. The maximum Gasteiger partial charge on any atom is 0.0652 e. The molecule has 1 aromatic heterocycles. The molecule has 0 aliphatic heterocycles. The van der Waals surface area contributed by atoms with Gasteiger partial charge < -0.3 is 14.6 Å². The standard InChI is InChI=1S/C18H26N2O/c1-18(2,3)21-11-10-20-16(13-19-15-8-9-15)12-14-6-4-5-7-17(14)20/h4-7,12,15,19H,8-11,13H2,1-3H3. The van der Waals surface area contributed by atoms with Gasteiger partial charge in [-0.15, -0.1) is 0 Å². The van der Waals surface area contributed by atoms with Crippen molar-refractivity contribution in [3.8, 4) is 0 Å². The molecular formula is C18H26N2O. The van der Waals surface area contributed by atoms with Gasteiger partial charge in [0.1, 0.15) is 0 Å². The zero-order chi connectivity index (χ0) is 14.9. The van der Waals surface area contributed by atoms with Gasteiger partial charge in [0.15, 0.2) is 0 Å². The van der Waals surface area contributed by atoms with Crippen molar-refractivity contribution in [3.05, 3.63) is 36.0 Å². The summed E-state index contributed by atoms with van der Waals surface area (Å²) in [5, 5.41) is 4.94. The second-order valence-electron chi connectivity index (χ2n) is 6.96. The van der Waals surface area contributed by atoms with E-state index in [2.05, 4.69) is 61.0 Å². The minimum Gasteiger partial charge on any atom is -0.374 e. The highest BCUT2D eigenvalue weighted by Gasteiger charge is 2.21. The molecule has 0 atom stereocenters. The first-order valence-corrected chi connectivity index (χ1v) is 7.97. The highest BCUT2D eigenvalue weighted by Crippen LogP contribution is 2.23. The molecule has 0 amide bonds. The molecule has 3 heteroatoms. The summed E-state index contributed by atoms with van der Waals surface area (Å²) in [6.07, 6.45) is 2.65. The van der Waals surface area contributed by atoms with E-state index in [1.54, 1.807) is 0 Å². The Morgan fingerprint density at radius 3 is 2.71 bits per heavy atom. The molecule has 0 saturated heterocycles. The Morgan fingerprint density at radius 1 is 1.24 bits per heavy atom. The predicted molar refractivity (Wildman–Crippen MR) is 87.5 cm³/mol. The molecule has 1 aliphatic rings. The van der Waals surface area contributed by atoms with Crippen molar-refractivity contribution >= 4 is 10.9 Å². The fraction of sp³-hybridized carbons (Fsp3) is 0.556. The van der Waals surface area contributed by atoms with Crippen LogP contribution in [-0.4, -0.2) is 22.8 Å². The van der Waals surface area contributed by atoms with Crippen LogP contribution in [0.2, 0.25) is 0 Å². The van der Waals surface area contributed by atoms with Gasteiger partial charge in [-0.1, -0.05) is 18.2 Å². The van der Waals surface area contributed by atoms with Crippen LogP contribution < -0.4 is 5.32 Å². The van der Waals surface area contributed by atoms with Gasteiger partial charge in [0, 0.05) is 30.3 Å². The number of para-hydroxylation sites is 1. The Kier molecular flexibility index (Phi) is 4.05. The molecule has 3 nitrogen and oxygen atoms in total. The Bertz CT molecular complexity index is 605. The monoisotopic (exact) mass is 286 g/mol. The highest BCUT2D eigenvalue weighted by atomic mass is 16.5. The van der Waals surface area contributed by atoms with Crippen molar-refractivity contribution in [1.82, 2.24) is 9.88 Å². The molecule has 1 saturated carbocycles. The van der Waals surface area contributed by atoms with Crippen molar-refractivity contribution in [2.45, 2.75) is 58.3 Å². The summed E-state index contributed by atoms with van der Waals surface area (Å²) < 4.78 is 8.30. The van der Waals surface area contributed by atoms with Crippen LogP contribution in [0.25, 0.3) is 10.9 Å².